The van der Waals surface area contributed by atoms with Crippen molar-refractivity contribution in [2.45, 2.75) is 12.8 Å². The van der Waals surface area contributed by atoms with Gasteiger partial charge in [-0.1, -0.05) is 206 Å². The van der Waals surface area contributed by atoms with Gasteiger partial charge in [-0.05, 0) is 146 Å². The number of thiophene rings is 2. The van der Waals surface area contributed by atoms with Crippen molar-refractivity contribution in [3.63, 3.8) is 0 Å². The summed E-state index contributed by atoms with van der Waals surface area (Å²) in [6, 6.07) is 74.0. The van der Waals surface area contributed by atoms with Gasteiger partial charge in [0.2, 0.25) is 0 Å². The molecular weight excluding hydrogens is 905 g/mol. The molecule has 0 spiro atoms. The van der Waals surface area contributed by atoms with Crippen LogP contribution in [0.5, 0.6) is 0 Å². The number of fused-ring (bicyclic) bond motifs is 15. The minimum Gasteiger partial charge on any atom is -0.135 e. The van der Waals surface area contributed by atoms with Crippen molar-refractivity contribution in [1.29, 1.82) is 0 Å². The highest BCUT2D eigenvalue weighted by atomic mass is 32.1. The van der Waals surface area contributed by atoms with Crippen LogP contribution in [-0.2, 0) is 6.42 Å². The second-order valence-corrected chi connectivity index (χ2v) is 22.1. The summed E-state index contributed by atoms with van der Waals surface area (Å²) in [6.45, 7) is 0. The molecule has 13 aromatic rings. The number of hydrogen-bond donors (Lipinski definition) is 0. The molecule has 3 aliphatic rings. The molecule has 0 aliphatic heterocycles. The van der Waals surface area contributed by atoms with E-state index in [1.807, 2.05) is 22.7 Å². The third kappa shape index (κ3) is 5.85. The number of aryl methyl sites for hydroxylation is 1. The summed E-state index contributed by atoms with van der Waals surface area (Å²) < 4.78 is 5.33. The first-order chi connectivity index (χ1) is 35.7. The van der Waals surface area contributed by atoms with E-state index < -0.39 is 0 Å². The molecule has 0 saturated heterocycles. The zero-order chi connectivity index (χ0) is 47.0. The van der Waals surface area contributed by atoms with Crippen molar-refractivity contribution in [1.82, 2.24) is 0 Å². The molecule has 3 aliphatic carbocycles. The lowest BCUT2D eigenvalue weighted by atomic mass is 9.69. The molecule has 0 nitrogen and oxygen atoms in total. The highest BCUT2D eigenvalue weighted by Crippen LogP contribution is 2.50. The van der Waals surface area contributed by atoms with Crippen molar-refractivity contribution in [2.75, 3.05) is 0 Å². The smallest absolute Gasteiger partial charge is 0.0361 e. The van der Waals surface area contributed by atoms with Crippen LogP contribution < -0.4 is 10.4 Å². The van der Waals surface area contributed by atoms with Crippen molar-refractivity contribution in [3.05, 3.63) is 257 Å². The molecule has 11 aromatic carbocycles. The topological polar surface area (TPSA) is 0 Å². The zero-order valence-corrected chi connectivity index (χ0v) is 41.0. The average molecular weight is 949 g/mol. The van der Waals surface area contributed by atoms with Gasteiger partial charge in [0.25, 0.3) is 0 Å². The van der Waals surface area contributed by atoms with E-state index in [-0.39, 0.29) is 11.8 Å². The Balaban J connectivity index is 0.855. The monoisotopic (exact) mass is 948 g/mol. The summed E-state index contributed by atoms with van der Waals surface area (Å²) in [6.07, 6.45) is 16.3. The van der Waals surface area contributed by atoms with Gasteiger partial charge in [-0.2, -0.15) is 0 Å². The number of hydrogen-bond acceptors (Lipinski definition) is 2. The highest BCUT2D eigenvalue weighted by Gasteiger charge is 2.33. The minimum absolute atomic E-state index is 0.223. The maximum Gasteiger partial charge on any atom is 0.0361 e. The summed E-state index contributed by atoms with van der Waals surface area (Å²) in [5.74, 6) is 0.454. The molecular formula is C70H44S2. The van der Waals surface area contributed by atoms with E-state index in [1.54, 1.807) is 0 Å². The quantitative estimate of drug-likeness (QED) is 0.154. The maximum absolute atomic E-state index is 2.49. The van der Waals surface area contributed by atoms with Gasteiger partial charge in [-0.3, -0.25) is 0 Å². The summed E-state index contributed by atoms with van der Waals surface area (Å²) in [4.78, 5) is 0. The third-order valence-electron chi connectivity index (χ3n) is 16.3. The molecule has 0 fully saturated rings. The lowest BCUT2D eigenvalue weighted by Crippen LogP contribution is -2.40. The SMILES string of the molecule is C1=CC2C(c3ccc4c(c3)sc3ccc5c(ccc6sc7cc(-c8c9ccccc9c(-c9cccc%10c9C=CCC%10)c9ccccc89)ccc7c65)c34)=c3ccccc3=C(c3cccc4ccccc34)C2C=C1. The number of benzene rings is 11. The van der Waals surface area contributed by atoms with Crippen LogP contribution in [0.25, 0.3) is 123 Å². The Morgan fingerprint density at radius 2 is 0.903 bits per heavy atom. The van der Waals surface area contributed by atoms with Gasteiger partial charge in [0.05, 0.1) is 0 Å². The van der Waals surface area contributed by atoms with Crippen LogP contribution in [0.4, 0.5) is 0 Å². The van der Waals surface area contributed by atoms with Crippen LogP contribution >= 0.6 is 22.7 Å². The largest absolute Gasteiger partial charge is 0.135 e. The van der Waals surface area contributed by atoms with E-state index in [9.17, 15) is 0 Å². The van der Waals surface area contributed by atoms with Gasteiger partial charge in [0.1, 0.15) is 0 Å². The Bertz CT molecular complexity index is 4700. The first kappa shape index (κ1) is 40.6. The van der Waals surface area contributed by atoms with Gasteiger partial charge in [0.15, 0.2) is 0 Å². The molecule has 72 heavy (non-hydrogen) atoms. The summed E-state index contributed by atoms with van der Waals surface area (Å²) in [5.41, 5.74) is 13.5. The maximum atomic E-state index is 2.49. The van der Waals surface area contributed by atoms with Gasteiger partial charge in [-0.15, -0.1) is 22.7 Å². The van der Waals surface area contributed by atoms with E-state index in [2.05, 4.69) is 231 Å². The number of rotatable bonds is 4. The first-order valence-electron chi connectivity index (χ1n) is 25.4. The second kappa shape index (κ2) is 15.7. The predicted octanol–water partition coefficient (Wildman–Crippen LogP) is 18.1. The summed E-state index contributed by atoms with van der Waals surface area (Å²) in [7, 11) is 0. The molecule has 2 unspecified atom stereocenters. The minimum atomic E-state index is 0.223. The molecule has 0 N–H and O–H groups in total. The molecule has 2 atom stereocenters. The van der Waals surface area contributed by atoms with E-state index in [4.69, 9.17) is 0 Å². The zero-order valence-electron chi connectivity index (χ0n) is 39.3. The van der Waals surface area contributed by atoms with Crippen LogP contribution in [0.15, 0.2) is 225 Å². The molecule has 0 bridgehead atoms. The predicted molar refractivity (Wildman–Crippen MR) is 313 cm³/mol. The normalized spacial score (nSPS) is 16.3. The summed E-state index contributed by atoms with van der Waals surface area (Å²) >= 11 is 3.85. The van der Waals surface area contributed by atoms with Crippen LogP contribution in [0.1, 0.15) is 28.7 Å². The lowest BCUT2D eigenvalue weighted by Gasteiger charge is -2.33. The van der Waals surface area contributed by atoms with Crippen LogP contribution in [0, 0.1) is 11.8 Å². The van der Waals surface area contributed by atoms with E-state index in [0.29, 0.717) is 0 Å². The van der Waals surface area contributed by atoms with Gasteiger partial charge >= 0.3 is 0 Å². The standard InChI is InChI=1S/C70H44S2/c1-3-19-45-41(15-1)17-13-29-47(45)67-53-25-9-5-21-49(53)65(50-22-6-10-26-54(50)67)43-31-33-59-63(39-43)71-61-37-35-58-57(69(59)61)36-38-62-70(58)60-34-32-44(40-64(60)72-62)66-51-23-7-11-27-55(51)68(56-28-12-8-24-52(56)66)48-30-14-18-42-16-2-4-20-46(42)48/h1,3-15,17-40,49,53H,2,16H2. The molecule has 2 heterocycles. The van der Waals surface area contributed by atoms with E-state index >= 15 is 0 Å². The van der Waals surface area contributed by atoms with Gasteiger partial charge < -0.3 is 0 Å². The number of allylic oxidation sites excluding steroid dienone is 5. The van der Waals surface area contributed by atoms with Crippen LogP contribution in [-0.4, -0.2) is 0 Å². The lowest BCUT2D eigenvalue weighted by molar-refractivity contribution is 0.687. The Kier molecular flexibility index (Phi) is 8.84. The first-order valence-corrected chi connectivity index (χ1v) is 27.0. The molecule has 0 saturated carbocycles. The van der Waals surface area contributed by atoms with E-state index in [0.717, 1.165) is 12.8 Å². The third-order valence-corrected chi connectivity index (χ3v) is 18.6. The van der Waals surface area contributed by atoms with Crippen LogP contribution in [0.2, 0.25) is 0 Å². The fraction of sp³-hybridized carbons (Fsp3) is 0.0571. The Hall–Kier alpha value is -8.14. The molecule has 2 heteroatoms. The Labute approximate surface area is 424 Å². The fourth-order valence-corrected chi connectivity index (χ4v) is 15.6. The van der Waals surface area contributed by atoms with Crippen LogP contribution in [0.3, 0.4) is 0 Å². The molecule has 16 rings (SSSR count). The molecule has 0 radical (unpaired) electrons. The van der Waals surface area contributed by atoms with Crippen molar-refractivity contribution >= 4 is 123 Å². The summed E-state index contributed by atoms with van der Waals surface area (Å²) in [5, 5.41) is 18.5. The average Bonchev–Trinajstić information content (AvgIpc) is 4.01. The molecule has 336 valence electrons. The van der Waals surface area contributed by atoms with Gasteiger partial charge in [-0.25, -0.2) is 0 Å². The fourth-order valence-electron chi connectivity index (χ4n) is 13.3. The Morgan fingerprint density at radius 3 is 1.60 bits per heavy atom. The molecule has 0 amide bonds. The van der Waals surface area contributed by atoms with Crippen molar-refractivity contribution in [2.24, 2.45) is 11.8 Å². The van der Waals surface area contributed by atoms with E-state index in [1.165, 1.54) is 150 Å². The highest BCUT2D eigenvalue weighted by molar-refractivity contribution is 7.26. The van der Waals surface area contributed by atoms with Gasteiger partial charge in [0, 0.05) is 52.2 Å². The second-order valence-electron chi connectivity index (χ2n) is 20.0. The molecule has 2 aromatic heterocycles. The Morgan fingerprint density at radius 1 is 0.375 bits per heavy atom. The van der Waals surface area contributed by atoms with Crippen molar-refractivity contribution < 1.29 is 0 Å². The van der Waals surface area contributed by atoms with Crippen molar-refractivity contribution in [3.8, 4) is 22.3 Å².